The Morgan fingerprint density at radius 3 is 2.59 bits per heavy atom. The summed E-state index contributed by atoms with van der Waals surface area (Å²) in [5.41, 5.74) is 1.18. The van der Waals surface area contributed by atoms with Gasteiger partial charge in [0.15, 0.2) is 0 Å². The highest BCUT2D eigenvalue weighted by Crippen LogP contribution is 2.15. The summed E-state index contributed by atoms with van der Waals surface area (Å²) < 4.78 is 0. The van der Waals surface area contributed by atoms with Crippen LogP contribution in [0.15, 0.2) is 0 Å². The largest absolute Gasteiger partial charge is 0.310 e. The van der Waals surface area contributed by atoms with Gasteiger partial charge in [-0.25, -0.2) is 4.98 Å². The molecule has 17 heavy (non-hydrogen) atoms. The average molecular weight is 272 g/mol. The predicted octanol–water partition coefficient (Wildman–Crippen LogP) is 3.77. The topological polar surface area (TPSA) is 24.9 Å². The van der Waals surface area contributed by atoms with Gasteiger partial charge in [0.25, 0.3) is 0 Å². The summed E-state index contributed by atoms with van der Waals surface area (Å²) in [4.78, 5) is 5.87. The quantitative estimate of drug-likeness (QED) is 0.693. The average Bonchev–Trinajstić information content (AvgIpc) is 2.62. The minimum atomic E-state index is 0.935. The van der Waals surface area contributed by atoms with Crippen LogP contribution in [0.2, 0.25) is 0 Å². The maximum absolute atomic E-state index is 4.52. The Labute approximate surface area is 114 Å². The summed E-state index contributed by atoms with van der Waals surface area (Å²) in [5.74, 6) is 1.31. The first-order valence-electron chi connectivity index (χ1n) is 6.36. The third kappa shape index (κ3) is 6.43. The van der Waals surface area contributed by atoms with Crippen LogP contribution in [0.3, 0.4) is 0 Å². The zero-order valence-corrected chi connectivity index (χ0v) is 12.8. The van der Waals surface area contributed by atoms with Gasteiger partial charge in [-0.2, -0.15) is 11.8 Å². The smallest absolute Gasteiger partial charge is 0.107 e. The van der Waals surface area contributed by atoms with Crippen LogP contribution in [-0.4, -0.2) is 23.5 Å². The van der Waals surface area contributed by atoms with Crippen LogP contribution in [-0.2, 0) is 6.54 Å². The van der Waals surface area contributed by atoms with Crippen molar-refractivity contribution in [2.45, 2.75) is 46.1 Å². The highest BCUT2D eigenvalue weighted by Gasteiger charge is 2.02. The molecule has 0 aliphatic heterocycles. The number of unbranched alkanes of at least 4 members (excludes halogenated alkanes) is 3. The van der Waals surface area contributed by atoms with Gasteiger partial charge in [0.05, 0.1) is 5.69 Å². The first-order chi connectivity index (χ1) is 8.24. The van der Waals surface area contributed by atoms with Crippen molar-refractivity contribution in [3.05, 3.63) is 15.6 Å². The van der Waals surface area contributed by atoms with E-state index in [2.05, 4.69) is 30.4 Å². The van der Waals surface area contributed by atoms with E-state index in [9.17, 15) is 0 Å². The van der Waals surface area contributed by atoms with Crippen LogP contribution in [0.4, 0.5) is 0 Å². The molecule has 0 saturated carbocycles. The Kier molecular flexibility index (Phi) is 7.90. The van der Waals surface area contributed by atoms with Gasteiger partial charge in [-0.05, 0) is 45.2 Å². The molecule has 0 fully saturated rings. The van der Waals surface area contributed by atoms with Crippen LogP contribution >= 0.6 is 23.1 Å². The molecular weight excluding hydrogens is 248 g/mol. The van der Waals surface area contributed by atoms with Gasteiger partial charge in [0.2, 0.25) is 0 Å². The van der Waals surface area contributed by atoms with E-state index in [4.69, 9.17) is 0 Å². The summed E-state index contributed by atoms with van der Waals surface area (Å²) in [5, 5.41) is 4.70. The van der Waals surface area contributed by atoms with Crippen LogP contribution in [0.1, 0.15) is 41.3 Å². The van der Waals surface area contributed by atoms with E-state index in [1.807, 2.05) is 23.1 Å². The number of aromatic nitrogens is 1. The Morgan fingerprint density at radius 1 is 1.18 bits per heavy atom. The first kappa shape index (κ1) is 15.0. The van der Waals surface area contributed by atoms with E-state index in [1.165, 1.54) is 47.0 Å². The lowest BCUT2D eigenvalue weighted by atomic mass is 10.2. The molecule has 0 amide bonds. The van der Waals surface area contributed by atoms with Crippen molar-refractivity contribution in [2.75, 3.05) is 18.6 Å². The zero-order chi connectivity index (χ0) is 12.5. The number of thiazole rings is 1. The standard InChI is InChI=1S/C13H24N2S2/c1-11-12(2)17-13(15-11)10-14-8-6-4-5-7-9-16-3/h14H,4-10H2,1-3H3. The molecule has 1 heterocycles. The molecule has 0 bridgehead atoms. The van der Waals surface area contributed by atoms with E-state index < -0.39 is 0 Å². The lowest BCUT2D eigenvalue weighted by Gasteiger charge is -2.02. The second kappa shape index (κ2) is 8.95. The predicted molar refractivity (Wildman–Crippen MR) is 80.1 cm³/mol. The Bertz CT molecular complexity index is 291. The number of nitrogens with zero attached hydrogens (tertiary/aromatic N) is 1. The molecule has 1 aromatic heterocycles. The molecule has 4 heteroatoms. The summed E-state index contributed by atoms with van der Waals surface area (Å²) in [6.07, 6.45) is 7.56. The lowest BCUT2D eigenvalue weighted by molar-refractivity contribution is 0.598. The number of rotatable bonds is 9. The van der Waals surface area contributed by atoms with Crippen molar-refractivity contribution in [3.8, 4) is 0 Å². The molecule has 2 nitrogen and oxygen atoms in total. The molecule has 0 radical (unpaired) electrons. The number of aryl methyl sites for hydroxylation is 2. The van der Waals surface area contributed by atoms with Gasteiger partial charge in [-0.15, -0.1) is 11.3 Å². The minimum Gasteiger partial charge on any atom is -0.310 e. The number of nitrogens with one attached hydrogen (secondary N) is 1. The summed E-state index contributed by atoms with van der Waals surface area (Å²) >= 11 is 3.76. The lowest BCUT2D eigenvalue weighted by Crippen LogP contribution is -2.14. The fourth-order valence-corrected chi connectivity index (χ4v) is 3.06. The van der Waals surface area contributed by atoms with E-state index in [-0.39, 0.29) is 0 Å². The Balaban J connectivity index is 1.97. The monoisotopic (exact) mass is 272 g/mol. The van der Waals surface area contributed by atoms with Crippen LogP contribution in [0.25, 0.3) is 0 Å². The summed E-state index contributed by atoms with van der Waals surface area (Å²) in [7, 11) is 0. The van der Waals surface area contributed by atoms with Gasteiger partial charge in [-0.1, -0.05) is 12.8 Å². The van der Waals surface area contributed by atoms with E-state index in [0.29, 0.717) is 0 Å². The Hall–Kier alpha value is -0.0600. The molecule has 0 saturated heterocycles. The van der Waals surface area contributed by atoms with Crippen LogP contribution in [0.5, 0.6) is 0 Å². The highest BCUT2D eigenvalue weighted by molar-refractivity contribution is 7.98. The minimum absolute atomic E-state index is 0.935. The van der Waals surface area contributed by atoms with Crippen molar-refractivity contribution in [1.29, 1.82) is 0 Å². The summed E-state index contributed by atoms with van der Waals surface area (Å²) in [6.45, 7) is 6.28. The van der Waals surface area contributed by atoms with Gasteiger partial charge < -0.3 is 5.32 Å². The molecular formula is C13H24N2S2. The molecule has 1 rings (SSSR count). The third-order valence-corrected chi connectivity index (χ3v) is 4.57. The maximum atomic E-state index is 4.52. The van der Waals surface area contributed by atoms with Crippen molar-refractivity contribution < 1.29 is 0 Å². The molecule has 0 unspecified atom stereocenters. The normalized spacial score (nSPS) is 11.0. The Morgan fingerprint density at radius 2 is 1.94 bits per heavy atom. The molecule has 0 atom stereocenters. The molecule has 0 spiro atoms. The van der Waals surface area contributed by atoms with Crippen LogP contribution < -0.4 is 5.32 Å². The van der Waals surface area contributed by atoms with Gasteiger partial charge in [0, 0.05) is 11.4 Å². The number of hydrogen-bond acceptors (Lipinski definition) is 4. The second-order valence-corrected chi connectivity index (χ2v) is 6.61. The number of hydrogen-bond donors (Lipinski definition) is 1. The fourth-order valence-electron chi connectivity index (χ4n) is 1.66. The van der Waals surface area contributed by atoms with Gasteiger partial charge in [-0.3, -0.25) is 0 Å². The number of thioether (sulfide) groups is 1. The SMILES string of the molecule is CSCCCCCCNCc1nc(C)c(C)s1. The first-order valence-corrected chi connectivity index (χ1v) is 8.57. The van der Waals surface area contributed by atoms with Crippen molar-refractivity contribution in [1.82, 2.24) is 10.3 Å². The van der Waals surface area contributed by atoms with Gasteiger partial charge >= 0.3 is 0 Å². The molecule has 1 N–H and O–H groups in total. The molecule has 0 aromatic carbocycles. The molecule has 0 aliphatic rings. The second-order valence-electron chi connectivity index (χ2n) is 4.33. The van der Waals surface area contributed by atoms with Crippen molar-refractivity contribution in [3.63, 3.8) is 0 Å². The van der Waals surface area contributed by atoms with E-state index >= 15 is 0 Å². The fraction of sp³-hybridized carbons (Fsp3) is 0.769. The van der Waals surface area contributed by atoms with Gasteiger partial charge in [0.1, 0.15) is 5.01 Å². The van der Waals surface area contributed by atoms with Crippen molar-refractivity contribution in [2.24, 2.45) is 0 Å². The zero-order valence-electron chi connectivity index (χ0n) is 11.2. The molecule has 0 aliphatic carbocycles. The molecule has 98 valence electrons. The van der Waals surface area contributed by atoms with Crippen LogP contribution in [0, 0.1) is 13.8 Å². The summed E-state index contributed by atoms with van der Waals surface area (Å²) in [6, 6.07) is 0. The molecule has 1 aromatic rings. The van der Waals surface area contributed by atoms with Crippen molar-refractivity contribution >= 4 is 23.1 Å². The van der Waals surface area contributed by atoms with E-state index in [1.54, 1.807) is 0 Å². The maximum Gasteiger partial charge on any atom is 0.107 e. The highest BCUT2D eigenvalue weighted by atomic mass is 32.2. The third-order valence-electron chi connectivity index (χ3n) is 2.80. The van der Waals surface area contributed by atoms with E-state index in [0.717, 1.165) is 13.1 Å².